The van der Waals surface area contributed by atoms with Gasteiger partial charge in [0.1, 0.15) is 5.82 Å². The molecule has 1 aliphatic rings. The van der Waals surface area contributed by atoms with Gasteiger partial charge in [-0.05, 0) is 50.9 Å². The van der Waals surface area contributed by atoms with Gasteiger partial charge in [-0.3, -0.25) is 4.90 Å². The maximum absolute atomic E-state index is 8.88. The summed E-state index contributed by atoms with van der Waals surface area (Å²) in [4.78, 5) is 10.7. The van der Waals surface area contributed by atoms with Crippen LogP contribution < -0.4 is 0 Å². The van der Waals surface area contributed by atoms with Crippen molar-refractivity contribution in [3.8, 4) is 6.07 Å². The van der Waals surface area contributed by atoms with Crippen molar-refractivity contribution in [1.82, 2.24) is 14.9 Å². The zero-order valence-electron chi connectivity index (χ0n) is 12.8. The Bertz CT molecular complexity index is 667. The number of H-pyrrole nitrogens is 1. The van der Waals surface area contributed by atoms with Gasteiger partial charge in [-0.2, -0.15) is 5.26 Å². The monoisotopic (exact) mass is 282 g/mol. The van der Waals surface area contributed by atoms with Gasteiger partial charge in [0.15, 0.2) is 0 Å². The van der Waals surface area contributed by atoms with Gasteiger partial charge in [0.25, 0.3) is 0 Å². The number of nitrogens with zero attached hydrogens (tertiary/aromatic N) is 3. The Morgan fingerprint density at radius 2 is 2.38 bits per heavy atom. The second-order valence-corrected chi connectivity index (χ2v) is 6.19. The van der Waals surface area contributed by atoms with Crippen LogP contribution in [-0.2, 0) is 0 Å². The van der Waals surface area contributed by atoms with Gasteiger partial charge in [0.2, 0.25) is 0 Å². The smallest absolute Gasteiger partial charge is 0.111 e. The molecule has 4 heteroatoms. The Morgan fingerprint density at radius 1 is 1.52 bits per heavy atom. The Balaban J connectivity index is 1.80. The summed E-state index contributed by atoms with van der Waals surface area (Å²) in [6, 6.07) is 8.97. The zero-order chi connectivity index (χ0) is 14.8. The lowest BCUT2D eigenvalue weighted by Crippen LogP contribution is -2.40. The maximum atomic E-state index is 8.88. The molecule has 1 aliphatic heterocycles. The van der Waals surface area contributed by atoms with Gasteiger partial charge in [-0.25, -0.2) is 4.98 Å². The molecule has 0 saturated carbocycles. The highest BCUT2D eigenvalue weighted by atomic mass is 15.2. The van der Waals surface area contributed by atoms with E-state index in [-0.39, 0.29) is 0 Å². The number of rotatable bonds is 3. The van der Waals surface area contributed by atoms with E-state index >= 15 is 0 Å². The number of benzene rings is 1. The van der Waals surface area contributed by atoms with Gasteiger partial charge >= 0.3 is 0 Å². The fraction of sp³-hybridized carbons (Fsp3) is 0.529. The minimum Gasteiger partial charge on any atom is -0.342 e. The van der Waals surface area contributed by atoms with Crippen molar-refractivity contribution in [2.45, 2.75) is 45.1 Å². The van der Waals surface area contributed by atoms with E-state index < -0.39 is 0 Å². The van der Waals surface area contributed by atoms with E-state index in [1.54, 1.807) is 0 Å². The molecule has 21 heavy (non-hydrogen) atoms. The summed E-state index contributed by atoms with van der Waals surface area (Å²) in [5.74, 6) is 1.55. The van der Waals surface area contributed by atoms with E-state index in [1.165, 1.54) is 18.4 Å². The summed E-state index contributed by atoms with van der Waals surface area (Å²) in [6.45, 7) is 6.35. The number of hydrogen-bond donors (Lipinski definition) is 1. The minimum atomic E-state index is 0.337. The molecule has 2 aromatic rings. The van der Waals surface area contributed by atoms with Crippen molar-refractivity contribution in [2.24, 2.45) is 0 Å². The fourth-order valence-electron chi connectivity index (χ4n) is 3.23. The van der Waals surface area contributed by atoms with Gasteiger partial charge in [-0.15, -0.1) is 0 Å². The lowest BCUT2D eigenvalue weighted by molar-refractivity contribution is 0.157. The van der Waals surface area contributed by atoms with E-state index in [0.717, 1.165) is 29.9 Å². The number of hydrogen-bond acceptors (Lipinski definition) is 3. The van der Waals surface area contributed by atoms with Crippen LogP contribution in [0.3, 0.4) is 0 Å². The summed E-state index contributed by atoms with van der Waals surface area (Å²) in [5.41, 5.74) is 3.44. The zero-order valence-corrected chi connectivity index (χ0v) is 12.8. The molecule has 1 fully saturated rings. The lowest BCUT2D eigenvalue weighted by atomic mass is 9.96. The average Bonchev–Trinajstić information content (AvgIpc) is 2.90. The highest BCUT2D eigenvalue weighted by molar-refractivity contribution is 5.75. The lowest BCUT2D eigenvalue weighted by Gasteiger charge is -2.35. The van der Waals surface area contributed by atoms with E-state index in [4.69, 9.17) is 10.2 Å². The van der Waals surface area contributed by atoms with Crippen LogP contribution >= 0.6 is 0 Å². The third-order valence-electron chi connectivity index (χ3n) is 4.51. The van der Waals surface area contributed by atoms with Crippen LogP contribution in [0.4, 0.5) is 0 Å². The number of likely N-dealkylation sites (tertiary alicyclic amines) is 1. The van der Waals surface area contributed by atoms with Crippen LogP contribution in [0.15, 0.2) is 18.2 Å². The Morgan fingerprint density at radius 3 is 3.19 bits per heavy atom. The second kappa shape index (κ2) is 5.87. The summed E-state index contributed by atoms with van der Waals surface area (Å²) in [7, 11) is 0. The quantitative estimate of drug-likeness (QED) is 0.939. The molecule has 0 radical (unpaired) electrons. The molecule has 110 valence electrons. The van der Waals surface area contributed by atoms with Crippen molar-refractivity contribution < 1.29 is 0 Å². The number of aromatic nitrogens is 2. The Labute approximate surface area is 125 Å². The molecule has 1 N–H and O–H groups in total. The molecular weight excluding hydrogens is 260 g/mol. The third kappa shape index (κ3) is 2.93. The topological polar surface area (TPSA) is 55.7 Å². The number of nitrogens with one attached hydrogen (secondary N) is 1. The van der Waals surface area contributed by atoms with Gasteiger partial charge in [0, 0.05) is 18.5 Å². The molecule has 3 rings (SSSR count). The third-order valence-corrected chi connectivity index (χ3v) is 4.51. The summed E-state index contributed by atoms with van der Waals surface area (Å²) >= 11 is 0. The number of fused-ring (bicyclic) bond motifs is 1. The summed E-state index contributed by atoms with van der Waals surface area (Å²) < 4.78 is 0. The van der Waals surface area contributed by atoms with Crippen molar-refractivity contribution in [3.05, 3.63) is 29.6 Å². The molecule has 4 nitrogen and oxygen atoms in total. The van der Waals surface area contributed by atoms with E-state index in [1.807, 2.05) is 0 Å². The first-order valence-electron chi connectivity index (χ1n) is 7.74. The van der Waals surface area contributed by atoms with E-state index in [2.05, 4.69) is 48.0 Å². The van der Waals surface area contributed by atoms with Crippen LogP contribution in [0.1, 0.15) is 43.5 Å². The second-order valence-electron chi connectivity index (χ2n) is 6.19. The first-order valence-corrected chi connectivity index (χ1v) is 7.74. The highest BCUT2D eigenvalue weighted by Crippen LogP contribution is 2.28. The molecule has 0 aliphatic carbocycles. The molecule has 1 aromatic carbocycles. The van der Waals surface area contributed by atoms with Crippen LogP contribution in [0.2, 0.25) is 0 Å². The highest BCUT2D eigenvalue weighted by Gasteiger charge is 2.26. The number of aromatic amines is 1. The Hall–Kier alpha value is -1.86. The molecule has 1 aromatic heterocycles. The van der Waals surface area contributed by atoms with E-state index in [9.17, 15) is 0 Å². The van der Waals surface area contributed by atoms with Crippen molar-refractivity contribution in [2.75, 3.05) is 13.1 Å². The molecule has 0 amide bonds. The van der Waals surface area contributed by atoms with Crippen molar-refractivity contribution >= 4 is 11.0 Å². The standard InChI is InChI=1S/C17H22N4/c1-12-5-6-15-16(10-12)20-17(19-15)14-4-3-9-21(11-14)13(2)7-8-18/h5-6,10,13-14H,3-4,7,9,11H2,1-2H3,(H,19,20)/t13-,14-/m1/s1. The molecule has 2 atom stereocenters. The summed E-state index contributed by atoms with van der Waals surface area (Å²) in [5, 5.41) is 8.88. The largest absolute Gasteiger partial charge is 0.342 e. The van der Waals surface area contributed by atoms with Gasteiger partial charge < -0.3 is 4.98 Å². The fourth-order valence-corrected chi connectivity index (χ4v) is 3.23. The number of aryl methyl sites for hydroxylation is 1. The molecule has 0 unspecified atom stereocenters. The first-order chi connectivity index (χ1) is 10.2. The first kappa shape index (κ1) is 14.1. The van der Waals surface area contributed by atoms with Crippen molar-refractivity contribution in [1.29, 1.82) is 5.26 Å². The predicted octanol–water partition coefficient (Wildman–Crippen LogP) is 3.35. The van der Waals surface area contributed by atoms with Gasteiger partial charge in [0.05, 0.1) is 23.5 Å². The van der Waals surface area contributed by atoms with Crippen LogP contribution in [0.25, 0.3) is 11.0 Å². The van der Waals surface area contributed by atoms with Crippen LogP contribution in [0, 0.1) is 18.3 Å². The molecule has 2 heterocycles. The molecule has 0 bridgehead atoms. The number of nitriles is 1. The molecule has 0 spiro atoms. The predicted molar refractivity (Wildman–Crippen MR) is 84.1 cm³/mol. The number of piperidine rings is 1. The van der Waals surface area contributed by atoms with Crippen LogP contribution in [0.5, 0.6) is 0 Å². The summed E-state index contributed by atoms with van der Waals surface area (Å²) in [6.07, 6.45) is 2.96. The normalized spacial score (nSPS) is 21.3. The average molecular weight is 282 g/mol. The Kier molecular flexibility index (Phi) is 3.94. The maximum Gasteiger partial charge on any atom is 0.111 e. The van der Waals surface area contributed by atoms with Crippen molar-refractivity contribution in [3.63, 3.8) is 0 Å². The SMILES string of the molecule is Cc1ccc2nc([C@@H]3CCCN([C@H](C)CC#N)C3)[nH]c2c1. The van der Waals surface area contributed by atoms with Gasteiger partial charge in [-0.1, -0.05) is 6.07 Å². The van der Waals surface area contributed by atoms with Crippen LogP contribution in [-0.4, -0.2) is 34.0 Å². The molecular formula is C17H22N4. The molecule has 1 saturated heterocycles. The van der Waals surface area contributed by atoms with E-state index in [0.29, 0.717) is 18.4 Å². The minimum absolute atomic E-state index is 0.337. The number of imidazole rings is 1.